The molecule has 18 heavy (non-hydrogen) atoms. The molecule has 2 heterocycles. The summed E-state index contributed by atoms with van der Waals surface area (Å²) >= 11 is 0. The van der Waals surface area contributed by atoms with Crippen molar-refractivity contribution in [2.75, 3.05) is 26.2 Å². The predicted octanol–water partition coefficient (Wildman–Crippen LogP) is 2.87. The van der Waals surface area contributed by atoms with Crippen molar-refractivity contribution in [1.82, 2.24) is 9.80 Å². The molecule has 0 bridgehead atoms. The smallest absolute Gasteiger partial charge is 0.0759 e. The number of hydrogen-bond acceptors (Lipinski definition) is 2. The lowest BCUT2D eigenvalue weighted by Crippen LogP contribution is -2.58. The van der Waals surface area contributed by atoms with Crippen LogP contribution in [0.3, 0.4) is 0 Å². The molecule has 0 aromatic heterocycles. The van der Waals surface area contributed by atoms with Crippen molar-refractivity contribution >= 4 is 8.80 Å². The van der Waals surface area contributed by atoms with Gasteiger partial charge in [0.25, 0.3) is 0 Å². The van der Waals surface area contributed by atoms with Crippen LogP contribution in [0.5, 0.6) is 0 Å². The third-order valence-electron chi connectivity index (χ3n) is 4.58. The van der Waals surface area contributed by atoms with Crippen LogP contribution in [0.4, 0.5) is 0 Å². The van der Waals surface area contributed by atoms with Gasteiger partial charge >= 0.3 is 0 Å². The van der Waals surface area contributed by atoms with E-state index >= 15 is 0 Å². The Labute approximate surface area is 115 Å². The van der Waals surface area contributed by atoms with E-state index in [4.69, 9.17) is 0 Å². The summed E-state index contributed by atoms with van der Waals surface area (Å²) in [7, 11) is -0.730. The lowest BCUT2D eigenvalue weighted by molar-refractivity contribution is 0.0638. The van der Waals surface area contributed by atoms with Crippen LogP contribution in [0.15, 0.2) is 12.7 Å². The minimum atomic E-state index is -0.730. The molecule has 2 saturated heterocycles. The van der Waals surface area contributed by atoms with Gasteiger partial charge in [-0.25, -0.2) is 0 Å². The number of likely N-dealkylation sites (tertiary alicyclic amines) is 2. The van der Waals surface area contributed by atoms with E-state index < -0.39 is 8.80 Å². The summed E-state index contributed by atoms with van der Waals surface area (Å²) in [6.07, 6.45) is 10.7. The third kappa shape index (κ3) is 3.69. The topological polar surface area (TPSA) is 6.48 Å². The van der Waals surface area contributed by atoms with Crippen molar-refractivity contribution in [1.29, 1.82) is 0 Å². The van der Waals surface area contributed by atoms with Gasteiger partial charge in [-0.3, -0.25) is 9.80 Å². The highest BCUT2D eigenvalue weighted by Crippen LogP contribution is 2.22. The quantitative estimate of drug-likeness (QED) is 0.558. The van der Waals surface area contributed by atoms with E-state index in [1.165, 1.54) is 70.7 Å². The Kier molecular flexibility index (Phi) is 5.92. The number of nitrogens with zero attached hydrogens (tertiary/aromatic N) is 2. The van der Waals surface area contributed by atoms with E-state index in [1.807, 2.05) is 0 Å². The Balaban J connectivity index is 2.02. The van der Waals surface area contributed by atoms with E-state index in [9.17, 15) is 0 Å². The molecule has 0 radical (unpaired) electrons. The maximum atomic E-state index is 3.97. The first-order chi connectivity index (χ1) is 8.83. The summed E-state index contributed by atoms with van der Waals surface area (Å²) in [4.78, 5) is 5.63. The summed E-state index contributed by atoms with van der Waals surface area (Å²) < 4.78 is 0. The van der Waals surface area contributed by atoms with Gasteiger partial charge in [0.2, 0.25) is 0 Å². The predicted molar refractivity (Wildman–Crippen MR) is 82.7 cm³/mol. The van der Waals surface area contributed by atoms with Crippen LogP contribution in [0.1, 0.15) is 38.5 Å². The van der Waals surface area contributed by atoms with Crippen molar-refractivity contribution in [3.63, 3.8) is 0 Å². The number of piperidine rings is 2. The van der Waals surface area contributed by atoms with Gasteiger partial charge in [-0.15, -0.1) is 6.58 Å². The second kappa shape index (κ2) is 7.46. The Morgan fingerprint density at radius 2 is 1.39 bits per heavy atom. The molecular formula is C15H30N2Si. The Morgan fingerprint density at radius 3 is 1.78 bits per heavy atom. The van der Waals surface area contributed by atoms with E-state index in [0.29, 0.717) is 0 Å². The second-order valence-electron chi connectivity index (χ2n) is 6.11. The highest BCUT2D eigenvalue weighted by molar-refractivity contribution is 6.59. The zero-order chi connectivity index (χ0) is 12.8. The van der Waals surface area contributed by atoms with E-state index in [0.717, 1.165) is 5.79 Å². The first-order valence-corrected chi connectivity index (χ1v) is 10.6. The van der Waals surface area contributed by atoms with Gasteiger partial charge < -0.3 is 0 Å². The SMILES string of the molecule is C=CC[SiH](C)C(N1CCCCC1)N1CCCCC1. The molecule has 1 unspecified atom stereocenters. The van der Waals surface area contributed by atoms with Crippen LogP contribution in [-0.4, -0.2) is 50.6 Å². The van der Waals surface area contributed by atoms with Crippen molar-refractivity contribution in [3.05, 3.63) is 12.7 Å². The van der Waals surface area contributed by atoms with Crippen LogP contribution in [0, 0.1) is 0 Å². The minimum absolute atomic E-state index is 0.730. The molecule has 0 saturated carbocycles. The average Bonchev–Trinajstić information content (AvgIpc) is 2.42. The zero-order valence-electron chi connectivity index (χ0n) is 12.1. The fourth-order valence-corrected chi connectivity index (χ4v) is 6.51. The van der Waals surface area contributed by atoms with Crippen LogP contribution in [0.2, 0.25) is 12.6 Å². The highest BCUT2D eigenvalue weighted by atomic mass is 28.3. The normalized spacial score (nSPS) is 25.2. The molecule has 0 amide bonds. The lowest BCUT2D eigenvalue weighted by atomic mass is 10.1. The van der Waals surface area contributed by atoms with Gasteiger partial charge in [0, 0.05) is 5.79 Å². The number of allylic oxidation sites excluding steroid dienone is 1. The Morgan fingerprint density at radius 1 is 0.944 bits per heavy atom. The number of hydrogen-bond donors (Lipinski definition) is 0. The molecule has 1 atom stereocenters. The van der Waals surface area contributed by atoms with Crippen LogP contribution in [0.25, 0.3) is 0 Å². The fourth-order valence-electron chi connectivity index (χ4n) is 3.70. The molecule has 0 aromatic carbocycles. The van der Waals surface area contributed by atoms with Gasteiger partial charge in [0.1, 0.15) is 0 Å². The molecular weight excluding hydrogens is 236 g/mol. The van der Waals surface area contributed by atoms with Crippen molar-refractivity contribution < 1.29 is 0 Å². The zero-order valence-corrected chi connectivity index (χ0v) is 13.3. The summed E-state index contributed by atoms with van der Waals surface area (Å²) in [5, 5.41) is 0. The molecule has 0 aliphatic carbocycles. The Bertz CT molecular complexity index is 227. The molecule has 2 nitrogen and oxygen atoms in total. The molecule has 2 rings (SSSR count). The summed E-state index contributed by atoms with van der Waals surface area (Å²) in [6.45, 7) is 11.9. The van der Waals surface area contributed by atoms with E-state index in [1.54, 1.807) is 0 Å². The van der Waals surface area contributed by atoms with Gasteiger partial charge in [0.05, 0.1) is 8.80 Å². The van der Waals surface area contributed by atoms with Crippen molar-refractivity contribution in [3.8, 4) is 0 Å². The summed E-state index contributed by atoms with van der Waals surface area (Å²) in [6, 6.07) is 1.29. The van der Waals surface area contributed by atoms with Gasteiger partial charge in [0.15, 0.2) is 0 Å². The fraction of sp³-hybridized carbons (Fsp3) is 0.867. The first-order valence-electron chi connectivity index (χ1n) is 7.92. The largest absolute Gasteiger partial charge is 0.291 e. The molecule has 3 heteroatoms. The average molecular weight is 267 g/mol. The van der Waals surface area contributed by atoms with Crippen molar-refractivity contribution in [2.24, 2.45) is 0 Å². The standard InChI is InChI=1S/C15H30N2Si/c1-3-14-18(2)15(16-10-6-4-7-11-16)17-12-8-5-9-13-17/h3,15,18H,1,4-14H2,2H3. The van der Waals surface area contributed by atoms with Gasteiger partial charge in [-0.05, 0) is 57.9 Å². The molecule has 0 N–H and O–H groups in total. The molecule has 2 aliphatic rings. The van der Waals surface area contributed by atoms with Crippen molar-refractivity contribution in [2.45, 2.75) is 56.9 Å². The minimum Gasteiger partial charge on any atom is -0.291 e. The van der Waals surface area contributed by atoms with Crippen LogP contribution >= 0.6 is 0 Å². The molecule has 2 aliphatic heterocycles. The maximum Gasteiger partial charge on any atom is 0.0759 e. The summed E-state index contributed by atoms with van der Waals surface area (Å²) in [5.74, 6) is 0.809. The highest BCUT2D eigenvalue weighted by Gasteiger charge is 2.31. The third-order valence-corrected chi connectivity index (χ3v) is 7.52. The van der Waals surface area contributed by atoms with Crippen LogP contribution < -0.4 is 0 Å². The van der Waals surface area contributed by atoms with Gasteiger partial charge in [-0.1, -0.05) is 25.5 Å². The van der Waals surface area contributed by atoms with Crippen LogP contribution in [-0.2, 0) is 0 Å². The molecule has 0 spiro atoms. The maximum absolute atomic E-state index is 3.97. The summed E-state index contributed by atoms with van der Waals surface area (Å²) in [5.41, 5.74) is 0. The number of rotatable bonds is 5. The van der Waals surface area contributed by atoms with E-state index in [2.05, 4.69) is 29.0 Å². The second-order valence-corrected chi connectivity index (χ2v) is 9.13. The first kappa shape index (κ1) is 14.3. The monoisotopic (exact) mass is 266 g/mol. The molecule has 2 fully saturated rings. The Hall–Kier alpha value is -0.123. The van der Waals surface area contributed by atoms with E-state index in [-0.39, 0.29) is 0 Å². The molecule has 104 valence electrons. The molecule has 0 aromatic rings. The van der Waals surface area contributed by atoms with Gasteiger partial charge in [-0.2, -0.15) is 0 Å². The lowest BCUT2D eigenvalue weighted by Gasteiger charge is -2.45.